The molecule has 1 aromatic carbocycles. The van der Waals surface area contributed by atoms with Gasteiger partial charge in [0.15, 0.2) is 0 Å². The van der Waals surface area contributed by atoms with Crippen LogP contribution in [0.2, 0.25) is 0 Å². The summed E-state index contributed by atoms with van der Waals surface area (Å²) in [6.07, 6.45) is 2.42. The maximum atomic E-state index is 11.2. The van der Waals surface area contributed by atoms with Gasteiger partial charge in [-0.15, -0.1) is 0 Å². The third-order valence-corrected chi connectivity index (χ3v) is 4.57. The largest absolute Gasteiger partial charge is 0.364 e. The van der Waals surface area contributed by atoms with E-state index in [1.165, 1.54) is 12.8 Å². The number of halogens is 1. The van der Waals surface area contributed by atoms with E-state index in [4.69, 9.17) is 0 Å². The minimum Gasteiger partial charge on any atom is -0.364 e. The average Bonchev–Trinajstić information content (AvgIpc) is 2.81. The van der Waals surface area contributed by atoms with Crippen LogP contribution in [0.4, 0.5) is 11.4 Å². The Kier molecular flexibility index (Phi) is 3.45. The molecule has 19 heavy (non-hydrogen) atoms. The highest BCUT2D eigenvalue weighted by Gasteiger charge is 2.36. The lowest BCUT2D eigenvalue weighted by atomic mass is 9.94. The van der Waals surface area contributed by atoms with E-state index in [-0.39, 0.29) is 10.6 Å². The maximum Gasteiger partial charge on any atom is 0.292 e. The number of rotatable bonds is 2. The SMILES string of the molecule is O=[N+]([O-])c1ccc(Br)cc1N1C[C@@H]2CCCN[C@@H]2C1. The van der Waals surface area contributed by atoms with Crippen molar-refractivity contribution in [3.8, 4) is 0 Å². The van der Waals surface area contributed by atoms with E-state index in [1.807, 2.05) is 6.07 Å². The highest BCUT2D eigenvalue weighted by atomic mass is 79.9. The number of benzene rings is 1. The number of piperidine rings is 1. The van der Waals surface area contributed by atoms with E-state index in [2.05, 4.69) is 26.1 Å². The maximum absolute atomic E-state index is 11.2. The highest BCUT2D eigenvalue weighted by Crippen LogP contribution is 2.36. The van der Waals surface area contributed by atoms with Gasteiger partial charge in [-0.05, 0) is 37.4 Å². The predicted octanol–water partition coefficient (Wildman–Crippen LogP) is 2.55. The Morgan fingerprint density at radius 2 is 2.26 bits per heavy atom. The van der Waals surface area contributed by atoms with Crippen molar-refractivity contribution in [1.82, 2.24) is 5.32 Å². The van der Waals surface area contributed by atoms with Gasteiger partial charge >= 0.3 is 0 Å². The summed E-state index contributed by atoms with van der Waals surface area (Å²) in [7, 11) is 0. The summed E-state index contributed by atoms with van der Waals surface area (Å²) in [4.78, 5) is 13.0. The van der Waals surface area contributed by atoms with Gasteiger partial charge in [-0.2, -0.15) is 0 Å². The summed E-state index contributed by atoms with van der Waals surface area (Å²) in [5.41, 5.74) is 0.928. The first-order valence-electron chi connectivity index (χ1n) is 6.57. The van der Waals surface area contributed by atoms with E-state index in [1.54, 1.807) is 12.1 Å². The molecule has 6 heteroatoms. The molecule has 0 radical (unpaired) electrons. The Hall–Kier alpha value is -1.14. The van der Waals surface area contributed by atoms with Crippen LogP contribution in [0.3, 0.4) is 0 Å². The van der Waals surface area contributed by atoms with Crippen LogP contribution < -0.4 is 10.2 Å². The lowest BCUT2D eigenvalue weighted by molar-refractivity contribution is -0.384. The van der Waals surface area contributed by atoms with Crippen molar-refractivity contribution in [3.05, 3.63) is 32.8 Å². The standard InChI is InChI=1S/C13H16BrN3O2/c14-10-3-4-12(17(18)19)13(6-10)16-7-9-2-1-5-15-11(9)8-16/h3-4,6,9,11,15H,1-2,5,7-8H2/t9-,11+/m0/s1. The van der Waals surface area contributed by atoms with Crippen molar-refractivity contribution < 1.29 is 4.92 Å². The minimum absolute atomic E-state index is 0.196. The van der Waals surface area contributed by atoms with Crippen LogP contribution in [-0.2, 0) is 0 Å². The van der Waals surface area contributed by atoms with E-state index in [0.717, 1.165) is 29.8 Å². The molecule has 0 aromatic heterocycles. The summed E-state index contributed by atoms with van der Waals surface area (Å²) < 4.78 is 0.885. The summed E-state index contributed by atoms with van der Waals surface area (Å²) in [6, 6.07) is 5.64. The Bertz CT molecular complexity index is 495. The first-order valence-corrected chi connectivity index (χ1v) is 7.37. The number of nitrogens with zero attached hydrogens (tertiary/aromatic N) is 2. The zero-order chi connectivity index (χ0) is 13.4. The second-order valence-electron chi connectivity index (χ2n) is 5.26. The number of nitrogens with one attached hydrogen (secondary N) is 1. The van der Waals surface area contributed by atoms with Crippen molar-refractivity contribution >= 4 is 27.3 Å². The van der Waals surface area contributed by atoms with Gasteiger partial charge in [0.05, 0.1) is 4.92 Å². The summed E-state index contributed by atoms with van der Waals surface area (Å²) in [6.45, 7) is 2.84. The molecule has 2 fully saturated rings. The molecule has 0 amide bonds. The Morgan fingerprint density at radius 3 is 3.00 bits per heavy atom. The van der Waals surface area contributed by atoms with E-state index >= 15 is 0 Å². The van der Waals surface area contributed by atoms with Crippen LogP contribution >= 0.6 is 15.9 Å². The fourth-order valence-electron chi connectivity index (χ4n) is 3.15. The Morgan fingerprint density at radius 1 is 1.42 bits per heavy atom. The lowest BCUT2D eigenvalue weighted by Crippen LogP contribution is -2.40. The van der Waals surface area contributed by atoms with Gasteiger partial charge in [0.1, 0.15) is 5.69 Å². The molecule has 0 bridgehead atoms. The number of anilines is 1. The molecule has 0 saturated carbocycles. The molecule has 5 nitrogen and oxygen atoms in total. The van der Waals surface area contributed by atoms with Crippen molar-refractivity contribution in [3.63, 3.8) is 0 Å². The molecule has 2 saturated heterocycles. The van der Waals surface area contributed by atoms with Gasteiger partial charge in [0, 0.05) is 29.7 Å². The second-order valence-corrected chi connectivity index (χ2v) is 6.17. The number of hydrogen-bond donors (Lipinski definition) is 1. The van der Waals surface area contributed by atoms with Crippen molar-refractivity contribution in [2.24, 2.45) is 5.92 Å². The predicted molar refractivity (Wildman–Crippen MR) is 77.5 cm³/mol. The molecule has 0 unspecified atom stereocenters. The van der Waals surface area contributed by atoms with Crippen LogP contribution in [0.5, 0.6) is 0 Å². The first-order chi connectivity index (χ1) is 9.15. The zero-order valence-corrected chi connectivity index (χ0v) is 12.1. The minimum atomic E-state index is -0.294. The average molecular weight is 326 g/mol. The van der Waals surface area contributed by atoms with Crippen LogP contribution in [-0.4, -0.2) is 30.6 Å². The number of nitro groups is 1. The van der Waals surface area contributed by atoms with Crippen LogP contribution in [0.1, 0.15) is 12.8 Å². The van der Waals surface area contributed by atoms with Gasteiger partial charge in [0.25, 0.3) is 5.69 Å². The highest BCUT2D eigenvalue weighted by molar-refractivity contribution is 9.10. The third-order valence-electron chi connectivity index (χ3n) is 4.07. The smallest absolute Gasteiger partial charge is 0.292 e. The number of nitro benzene ring substituents is 1. The monoisotopic (exact) mass is 325 g/mol. The zero-order valence-electron chi connectivity index (χ0n) is 10.5. The van der Waals surface area contributed by atoms with Gasteiger partial charge < -0.3 is 10.2 Å². The Labute approximate surface area is 120 Å². The molecule has 1 N–H and O–H groups in total. The molecule has 0 spiro atoms. The fraction of sp³-hybridized carbons (Fsp3) is 0.538. The third kappa shape index (κ3) is 2.47. The molecule has 102 valence electrons. The van der Waals surface area contributed by atoms with E-state index in [9.17, 15) is 10.1 Å². The number of hydrogen-bond acceptors (Lipinski definition) is 4. The van der Waals surface area contributed by atoms with Gasteiger partial charge in [0.2, 0.25) is 0 Å². The molecule has 2 aliphatic heterocycles. The molecule has 1 aromatic rings. The molecule has 2 aliphatic rings. The fourth-order valence-corrected chi connectivity index (χ4v) is 3.50. The normalized spacial score (nSPS) is 26.3. The summed E-state index contributed by atoms with van der Waals surface area (Å²) >= 11 is 3.40. The number of fused-ring (bicyclic) bond motifs is 1. The molecular weight excluding hydrogens is 310 g/mol. The topological polar surface area (TPSA) is 58.4 Å². The molecule has 2 heterocycles. The Balaban J connectivity index is 1.90. The van der Waals surface area contributed by atoms with Crippen LogP contribution in [0.25, 0.3) is 0 Å². The van der Waals surface area contributed by atoms with Crippen molar-refractivity contribution in [2.75, 3.05) is 24.5 Å². The summed E-state index contributed by atoms with van der Waals surface area (Å²) in [5.74, 6) is 0.618. The van der Waals surface area contributed by atoms with Gasteiger partial charge in [-0.25, -0.2) is 0 Å². The van der Waals surface area contributed by atoms with E-state index in [0.29, 0.717) is 12.0 Å². The molecular formula is C13H16BrN3O2. The quantitative estimate of drug-likeness (QED) is 0.670. The van der Waals surface area contributed by atoms with Gasteiger partial charge in [-0.3, -0.25) is 10.1 Å². The lowest BCUT2D eigenvalue weighted by Gasteiger charge is -2.24. The van der Waals surface area contributed by atoms with E-state index < -0.39 is 0 Å². The first kappa shape index (κ1) is 12.9. The van der Waals surface area contributed by atoms with Crippen LogP contribution in [0.15, 0.2) is 22.7 Å². The van der Waals surface area contributed by atoms with Gasteiger partial charge in [-0.1, -0.05) is 15.9 Å². The van der Waals surface area contributed by atoms with Crippen molar-refractivity contribution in [2.45, 2.75) is 18.9 Å². The summed E-state index contributed by atoms with van der Waals surface area (Å²) in [5, 5.41) is 14.7. The molecule has 3 rings (SSSR count). The molecule has 0 aliphatic carbocycles. The second kappa shape index (κ2) is 5.09. The molecule has 2 atom stereocenters. The van der Waals surface area contributed by atoms with Crippen LogP contribution in [0, 0.1) is 16.0 Å². The van der Waals surface area contributed by atoms with Crippen molar-refractivity contribution in [1.29, 1.82) is 0 Å².